The molecule has 2 aromatic rings. The highest BCUT2D eigenvalue weighted by Gasteiger charge is 2.63. The lowest BCUT2D eigenvalue weighted by Crippen LogP contribution is -2.63. The van der Waals surface area contributed by atoms with Gasteiger partial charge in [0.15, 0.2) is 11.4 Å². The molecule has 0 heterocycles. The predicted octanol–water partition coefficient (Wildman–Crippen LogP) is 1.93. The number of nitrogens with zero attached hydrogens (tertiary/aromatic N) is 1. The molecule has 37 heavy (non-hydrogen) atoms. The summed E-state index contributed by atoms with van der Waals surface area (Å²) in [7, 11) is 3.13. The molecule has 0 spiro atoms. The number of Topliss-reactive ketones (excluding diaryl/α,β-unsaturated/α-hetero) is 2. The Bertz CT molecular complexity index is 1440. The number of ketones is 2. The second-order valence-corrected chi connectivity index (χ2v) is 9.96. The lowest BCUT2D eigenvalue weighted by Gasteiger charge is -2.50. The fourth-order valence-corrected chi connectivity index (χ4v) is 6.15. The quantitative estimate of drug-likeness (QED) is 0.393. The van der Waals surface area contributed by atoms with Gasteiger partial charge in [0.25, 0.3) is 5.91 Å². The van der Waals surface area contributed by atoms with Crippen LogP contribution < -0.4 is 5.73 Å². The van der Waals surface area contributed by atoms with Gasteiger partial charge in [0.05, 0.1) is 11.6 Å². The number of benzene rings is 2. The molecular weight excluding hydrogens is 483 g/mol. The number of aliphatic hydroxyl groups is 3. The molecule has 5 rings (SSSR count). The number of hydrogen-bond donors (Lipinski definition) is 5. The molecule has 0 aliphatic heterocycles. The Morgan fingerprint density at radius 1 is 1.08 bits per heavy atom. The first kappa shape index (κ1) is 24.7. The smallest absolute Gasteiger partial charge is 0.255 e. The van der Waals surface area contributed by atoms with Crippen LogP contribution in [-0.2, 0) is 16.0 Å². The summed E-state index contributed by atoms with van der Waals surface area (Å²) in [6.45, 7) is 0. The van der Waals surface area contributed by atoms with E-state index >= 15 is 0 Å². The summed E-state index contributed by atoms with van der Waals surface area (Å²) in [6.07, 6.45) is 0.139. The molecule has 0 fully saturated rings. The van der Waals surface area contributed by atoms with Crippen molar-refractivity contribution in [1.82, 2.24) is 4.90 Å². The van der Waals surface area contributed by atoms with Gasteiger partial charge in [0.2, 0.25) is 5.78 Å². The number of hydrogen-bond acceptors (Lipinski definition) is 8. The Labute approximate surface area is 210 Å². The van der Waals surface area contributed by atoms with Gasteiger partial charge in [0, 0.05) is 11.5 Å². The third-order valence-electron chi connectivity index (χ3n) is 7.76. The third-order valence-corrected chi connectivity index (χ3v) is 7.76. The van der Waals surface area contributed by atoms with Crippen molar-refractivity contribution in [3.05, 3.63) is 76.0 Å². The summed E-state index contributed by atoms with van der Waals surface area (Å²) in [5.41, 5.74) is 3.14. The van der Waals surface area contributed by atoms with Crippen molar-refractivity contribution in [2.75, 3.05) is 14.1 Å². The van der Waals surface area contributed by atoms with Crippen LogP contribution in [0.4, 0.5) is 4.39 Å². The zero-order valence-electron chi connectivity index (χ0n) is 20.0. The maximum absolute atomic E-state index is 13.7. The van der Waals surface area contributed by atoms with Crippen molar-refractivity contribution in [3.63, 3.8) is 0 Å². The third kappa shape index (κ3) is 3.32. The maximum Gasteiger partial charge on any atom is 0.255 e. The van der Waals surface area contributed by atoms with Gasteiger partial charge in [-0.3, -0.25) is 19.3 Å². The molecule has 192 valence electrons. The monoisotopic (exact) mass is 508 g/mol. The molecule has 0 saturated carbocycles. The first-order chi connectivity index (χ1) is 17.4. The highest BCUT2D eigenvalue weighted by molar-refractivity contribution is 6.24. The van der Waals surface area contributed by atoms with E-state index in [1.165, 1.54) is 23.1 Å². The molecule has 1 amide bonds. The number of rotatable bonds is 3. The van der Waals surface area contributed by atoms with Crippen molar-refractivity contribution >= 4 is 17.5 Å². The van der Waals surface area contributed by atoms with Crippen molar-refractivity contribution in [1.29, 1.82) is 0 Å². The molecule has 4 atom stereocenters. The van der Waals surface area contributed by atoms with Gasteiger partial charge in [-0.25, -0.2) is 4.39 Å². The van der Waals surface area contributed by atoms with Crippen LogP contribution in [-0.4, -0.2) is 68.5 Å². The van der Waals surface area contributed by atoms with E-state index in [9.17, 15) is 39.2 Å². The molecule has 2 aromatic carbocycles. The standard InChI is InChI=1S/C27H25FN2O7/c1-30(2)21-16-10-12-9-15-14(11-3-5-13(28)6-4-11)7-8-17(31)19(15)22(32)18(12)24(34)27(16,37)25(35)20(23(21)33)26(29)36/h3-8,12,16,21,31,33-34,37H,9-10H2,1-2H3,(H2,29,36). The number of carbonyl (C=O) groups is 3. The molecule has 3 aliphatic carbocycles. The summed E-state index contributed by atoms with van der Waals surface area (Å²) >= 11 is 0. The minimum Gasteiger partial charge on any atom is -0.510 e. The predicted molar refractivity (Wildman–Crippen MR) is 129 cm³/mol. The Hall–Kier alpha value is -4.02. The number of primary amides is 1. The summed E-state index contributed by atoms with van der Waals surface area (Å²) in [6, 6.07) is 7.51. The SMILES string of the molecule is CN(C)C1C(O)=C(C(N)=O)C(=O)C2(O)C(O)=C3C(=O)c4c(O)ccc(-c5ccc(F)cc5)c4CC3CC12. The second kappa shape index (κ2) is 8.25. The van der Waals surface area contributed by atoms with E-state index in [1.807, 2.05) is 0 Å². The largest absolute Gasteiger partial charge is 0.510 e. The first-order valence-corrected chi connectivity index (χ1v) is 11.6. The molecule has 9 nitrogen and oxygen atoms in total. The Morgan fingerprint density at radius 2 is 1.73 bits per heavy atom. The van der Waals surface area contributed by atoms with E-state index in [1.54, 1.807) is 32.3 Å². The van der Waals surface area contributed by atoms with Crippen LogP contribution in [0.1, 0.15) is 22.3 Å². The highest BCUT2D eigenvalue weighted by Crippen LogP contribution is 2.53. The van der Waals surface area contributed by atoms with Crippen LogP contribution in [0.2, 0.25) is 0 Å². The van der Waals surface area contributed by atoms with E-state index in [2.05, 4.69) is 0 Å². The number of aromatic hydroxyl groups is 1. The Morgan fingerprint density at radius 3 is 2.32 bits per heavy atom. The average Bonchev–Trinajstić information content (AvgIpc) is 2.82. The van der Waals surface area contributed by atoms with Crippen molar-refractivity contribution in [3.8, 4) is 16.9 Å². The van der Waals surface area contributed by atoms with E-state index < -0.39 is 63.9 Å². The van der Waals surface area contributed by atoms with E-state index in [4.69, 9.17) is 5.73 Å². The molecular formula is C27H25FN2O7. The minimum absolute atomic E-state index is 0.00965. The topological polar surface area (TPSA) is 161 Å². The maximum atomic E-state index is 13.7. The Balaban J connectivity index is 1.72. The number of likely N-dealkylation sites (N-methyl/N-ethyl adjacent to an activating group) is 1. The van der Waals surface area contributed by atoms with Crippen LogP contribution >= 0.6 is 0 Å². The van der Waals surface area contributed by atoms with Crippen molar-refractivity contribution in [2.24, 2.45) is 17.6 Å². The summed E-state index contributed by atoms with van der Waals surface area (Å²) in [5, 5.41) is 44.4. The number of phenolic OH excluding ortho intramolecular Hbond substituents is 1. The molecule has 4 unspecified atom stereocenters. The lowest BCUT2D eigenvalue weighted by atomic mass is 9.58. The summed E-state index contributed by atoms with van der Waals surface area (Å²) in [5.74, 6) is -7.46. The van der Waals surface area contributed by atoms with Gasteiger partial charge >= 0.3 is 0 Å². The van der Waals surface area contributed by atoms with Crippen LogP contribution in [0, 0.1) is 17.7 Å². The number of halogens is 1. The molecule has 0 radical (unpaired) electrons. The number of amides is 1. The molecule has 0 aromatic heterocycles. The number of fused-ring (bicyclic) bond motifs is 3. The van der Waals surface area contributed by atoms with Crippen LogP contribution in [0.3, 0.4) is 0 Å². The summed E-state index contributed by atoms with van der Waals surface area (Å²) in [4.78, 5) is 40.6. The number of phenols is 1. The van der Waals surface area contributed by atoms with Gasteiger partial charge in [-0.15, -0.1) is 0 Å². The molecule has 6 N–H and O–H groups in total. The fourth-order valence-electron chi connectivity index (χ4n) is 6.15. The minimum atomic E-state index is -2.69. The number of aliphatic hydroxyl groups excluding tert-OH is 2. The molecule has 0 saturated heterocycles. The van der Waals surface area contributed by atoms with Crippen LogP contribution in [0.25, 0.3) is 11.1 Å². The number of nitrogens with two attached hydrogens (primary N) is 1. The van der Waals surface area contributed by atoms with Gasteiger partial charge in [-0.05, 0) is 67.7 Å². The average molecular weight is 509 g/mol. The molecule has 0 bridgehead atoms. The van der Waals surface area contributed by atoms with Crippen LogP contribution in [0.15, 0.2) is 59.1 Å². The molecule has 10 heteroatoms. The van der Waals surface area contributed by atoms with E-state index in [0.717, 1.165) is 0 Å². The number of allylic oxidation sites excluding steroid dienone is 1. The zero-order valence-corrected chi connectivity index (χ0v) is 20.0. The number of carbonyl (C=O) groups excluding carboxylic acids is 3. The van der Waals surface area contributed by atoms with Crippen molar-refractivity contribution in [2.45, 2.75) is 24.5 Å². The van der Waals surface area contributed by atoms with Gasteiger partial charge in [-0.2, -0.15) is 0 Å². The van der Waals surface area contributed by atoms with Crippen LogP contribution in [0.5, 0.6) is 5.75 Å². The van der Waals surface area contributed by atoms with E-state index in [-0.39, 0.29) is 29.7 Å². The highest BCUT2D eigenvalue weighted by atomic mass is 19.1. The first-order valence-electron chi connectivity index (χ1n) is 11.6. The second-order valence-electron chi connectivity index (χ2n) is 9.96. The summed E-state index contributed by atoms with van der Waals surface area (Å²) < 4.78 is 13.5. The Kier molecular flexibility index (Phi) is 5.50. The molecule has 3 aliphatic rings. The normalized spacial score (nSPS) is 27.2. The van der Waals surface area contributed by atoms with Gasteiger partial charge in [0.1, 0.15) is 28.7 Å². The lowest BCUT2D eigenvalue weighted by molar-refractivity contribution is -0.148. The zero-order chi connectivity index (χ0) is 27.0. The van der Waals surface area contributed by atoms with Gasteiger partial charge in [-0.1, -0.05) is 18.2 Å². The van der Waals surface area contributed by atoms with Crippen molar-refractivity contribution < 1.29 is 39.2 Å². The van der Waals surface area contributed by atoms with Gasteiger partial charge < -0.3 is 26.2 Å². The van der Waals surface area contributed by atoms with E-state index in [0.29, 0.717) is 16.7 Å². The fraction of sp³-hybridized carbons (Fsp3) is 0.296.